The molecule has 10 heteroatoms. The SMILES string of the molecule is COc1c(OS(=O)(=O)O)cc(C/C=C(\C)CCC[C@@H](C)C(=O)/C=C/C(C)(C)O)c(CCN(C)C)c1Br. The Bertz CT molecular complexity index is 1060. The van der Waals surface area contributed by atoms with Crippen LogP contribution in [-0.2, 0) is 28.0 Å². The molecule has 0 radical (unpaired) electrons. The summed E-state index contributed by atoms with van der Waals surface area (Å²) in [6.07, 6.45) is 8.64. The van der Waals surface area contributed by atoms with Crippen LogP contribution in [0, 0.1) is 5.92 Å². The van der Waals surface area contributed by atoms with Gasteiger partial charge in [0.15, 0.2) is 17.3 Å². The van der Waals surface area contributed by atoms with Crippen LogP contribution >= 0.6 is 15.9 Å². The Hall–Kier alpha value is -1.72. The zero-order valence-corrected chi connectivity index (χ0v) is 24.7. The fourth-order valence-electron chi connectivity index (χ4n) is 3.52. The number of allylic oxidation sites excluding steroid dienone is 3. The molecule has 0 aliphatic rings. The molecule has 1 rings (SSSR count). The van der Waals surface area contributed by atoms with Crippen molar-refractivity contribution in [3.8, 4) is 11.5 Å². The molecular formula is C26H40BrNO7S. The summed E-state index contributed by atoms with van der Waals surface area (Å²) in [5, 5.41) is 9.74. The van der Waals surface area contributed by atoms with Crippen molar-refractivity contribution in [2.45, 2.75) is 65.4 Å². The Morgan fingerprint density at radius 1 is 1.31 bits per heavy atom. The van der Waals surface area contributed by atoms with Crippen LogP contribution in [0.3, 0.4) is 0 Å². The third-order valence-electron chi connectivity index (χ3n) is 5.61. The van der Waals surface area contributed by atoms with Gasteiger partial charge in [0.25, 0.3) is 0 Å². The molecule has 0 aliphatic carbocycles. The molecule has 36 heavy (non-hydrogen) atoms. The van der Waals surface area contributed by atoms with Crippen LogP contribution in [0.1, 0.15) is 58.1 Å². The molecule has 1 aromatic rings. The van der Waals surface area contributed by atoms with E-state index in [0.717, 1.165) is 42.5 Å². The normalized spacial score (nSPS) is 13.9. The van der Waals surface area contributed by atoms with E-state index in [0.29, 0.717) is 17.3 Å². The fourth-order valence-corrected chi connectivity index (χ4v) is 4.68. The van der Waals surface area contributed by atoms with Gasteiger partial charge in [-0.15, -0.1) is 0 Å². The minimum atomic E-state index is -4.72. The van der Waals surface area contributed by atoms with Crippen LogP contribution in [0.25, 0.3) is 0 Å². The lowest BCUT2D eigenvalue weighted by Gasteiger charge is -2.19. The average molecular weight is 591 g/mol. The van der Waals surface area contributed by atoms with Crippen molar-refractivity contribution >= 4 is 32.1 Å². The molecule has 0 bridgehead atoms. The lowest BCUT2D eigenvalue weighted by molar-refractivity contribution is -0.118. The van der Waals surface area contributed by atoms with Gasteiger partial charge in [0.2, 0.25) is 0 Å². The third kappa shape index (κ3) is 12.0. The summed E-state index contributed by atoms with van der Waals surface area (Å²) in [4.78, 5) is 14.3. The van der Waals surface area contributed by atoms with Crippen LogP contribution in [0.5, 0.6) is 11.5 Å². The fraction of sp³-hybridized carbons (Fsp3) is 0.577. The molecule has 0 heterocycles. The number of ketones is 1. The molecule has 0 fully saturated rings. The van der Waals surface area contributed by atoms with E-state index in [1.54, 1.807) is 19.9 Å². The largest absolute Gasteiger partial charge is 0.492 e. The van der Waals surface area contributed by atoms with Crippen molar-refractivity contribution in [3.05, 3.63) is 45.5 Å². The molecule has 0 amide bonds. The number of benzene rings is 1. The molecule has 0 aliphatic heterocycles. The number of methoxy groups -OCH3 is 1. The van der Waals surface area contributed by atoms with Crippen molar-refractivity contribution in [1.29, 1.82) is 0 Å². The molecule has 1 aromatic carbocycles. The van der Waals surface area contributed by atoms with Crippen molar-refractivity contribution in [1.82, 2.24) is 4.90 Å². The van der Waals surface area contributed by atoms with Gasteiger partial charge in [-0.3, -0.25) is 9.35 Å². The quantitative estimate of drug-likeness (QED) is 0.168. The van der Waals surface area contributed by atoms with Gasteiger partial charge < -0.3 is 18.9 Å². The molecule has 0 spiro atoms. The molecule has 0 saturated carbocycles. The van der Waals surface area contributed by atoms with E-state index in [4.69, 9.17) is 8.92 Å². The van der Waals surface area contributed by atoms with Crippen molar-refractivity contribution < 1.29 is 31.8 Å². The number of nitrogens with zero attached hydrogens (tertiary/aromatic N) is 1. The van der Waals surface area contributed by atoms with Gasteiger partial charge in [-0.1, -0.05) is 24.6 Å². The highest BCUT2D eigenvalue weighted by Gasteiger charge is 2.21. The molecule has 8 nitrogen and oxygen atoms in total. The van der Waals surface area contributed by atoms with Gasteiger partial charge in [-0.25, -0.2) is 0 Å². The molecule has 204 valence electrons. The highest BCUT2D eigenvalue weighted by atomic mass is 79.9. The van der Waals surface area contributed by atoms with Gasteiger partial charge in [-0.05, 0) is 106 Å². The number of likely N-dealkylation sites (N-methyl/N-ethyl adjacent to an activating group) is 1. The minimum Gasteiger partial charge on any atom is -0.492 e. The maximum absolute atomic E-state index is 12.2. The summed E-state index contributed by atoms with van der Waals surface area (Å²) in [7, 11) is 0.620. The Labute approximate surface area is 224 Å². The smallest absolute Gasteiger partial charge is 0.446 e. The van der Waals surface area contributed by atoms with Crippen molar-refractivity contribution in [3.63, 3.8) is 0 Å². The Morgan fingerprint density at radius 2 is 1.94 bits per heavy atom. The molecule has 1 atom stereocenters. The topological polar surface area (TPSA) is 113 Å². The van der Waals surface area contributed by atoms with E-state index >= 15 is 0 Å². The van der Waals surface area contributed by atoms with Crippen LogP contribution in [-0.4, -0.2) is 62.1 Å². The molecular weight excluding hydrogens is 550 g/mol. The van der Waals surface area contributed by atoms with E-state index < -0.39 is 16.0 Å². The van der Waals surface area contributed by atoms with Crippen molar-refractivity contribution in [2.75, 3.05) is 27.7 Å². The van der Waals surface area contributed by atoms with E-state index in [1.807, 2.05) is 32.8 Å². The van der Waals surface area contributed by atoms with Crippen LogP contribution in [0.4, 0.5) is 0 Å². The number of ether oxygens (including phenoxy) is 1. The molecule has 0 unspecified atom stereocenters. The molecule has 2 N–H and O–H groups in total. The first-order chi connectivity index (χ1) is 16.5. The zero-order valence-electron chi connectivity index (χ0n) is 22.3. The van der Waals surface area contributed by atoms with Crippen LogP contribution in [0.15, 0.2) is 34.3 Å². The summed E-state index contributed by atoms with van der Waals surface area (Å²) in [5.41, 5.74) is 1.94. The Kier molecular flexibility index (Phi) is 12.8. The highest BCUT2D eigenvalue weighted by molar-refractivity contribution is 9.10. The highest BCUT2D eigenvalue weighted by Crippen LogP contribution is 2.41. The number of rotatable bonds is 15. The predicted molar refractivity (Wildman–Crippen MR) is 146 cm³/mol. The summed E-state index contributed by atoms with van der Waals surface area (Å²) >= 11 is 3.53. The first-order valence-corrected chi connectivity index (χ1v) is 14.0. The summed E-state index contributed by atoms with van der Waals surface area (Å²) < 4.78 is 42.7. The molecule has 0 aromatic heterocycles. The molecule has 0 saturated heterocycles. The zero-order chi connectivity index (χ0) is 27.7. The number of carbonyl (C=O) groups is 1. The van der Waals surface area contributed by atoms with Gasteiger partial charge in [0.05, 0.1) is 17.2 Å². The second-order valence-corrected chi connectivity index (χ2v) is 11.7. The summed E-state index contributed by atoms with van der Waals surface area (Å²) in [6, 6.07) is 1.59. The van der Waals surface area contributed by atoms with Gasteiger partial charge in [0.1, 0.15) is 0 Å². The number of hydrogen-bond donors (Lipinski definition) is 2. The lowest BCUT2D eigenvalue weighted by atomic mass is 9.95. The van der Waals surface area contributed by atoms with E-state index in [1.165, 1.54) is 19.3 Å². The monoisotopic (exact) mass is 589 g/mol. The van der Waals surface area contributed by atoms with Crippen LogP contribution in [0.2, 0.25) is 0 Å². The van der Waals surface area contributed by atoms with Gasteiger partial charge in [0, 0.05) is 12.5 Å². The van der Waals surface area contributed by atoms with Crippen LogP contribution < -0.4 is 8.92 Å². The first kappa shape index (κ1) is 32.3. The average Bonchev–Trinajstić information content (AvgIpc) is 2.73. The minimum absolute atomic E-state index is 0.00117. The Balaban J connectivity index is 3.02. The van der Waals surface area contributed by atoms with Gasteiger partial charge >= 0.3 is 10.4 Å². The summed E-state index contributed by atoms with van der Waals surface area (Å²) in [5.74, 6) is -0.0263. The first-order valence-electron chi connectivity index (χ1n) is 11.8. The lowest BCUT2D eigenvalue weighted by Crippen LogP contribution is -2.16. The number of halogens is 1. The Morgan fingerprint density at radius 3 is 2.47 bits per heavy atom. The number of hydrogen-bond acceptors (Lipinski definition) is 7. The second kappa shape index (κ2) is 14.3. The summed E-state index contributed by atoms with van der Waals surface area (Å²) in [6.45, 7) is 7.93. The predicted octanol–water partition coefficient (Wildman–Crippen LogP) is 4.93. The van der Waals surface area contributed by atoms with Gasteiger partial charge in [-0.2, -0.15) is 8.42 Å². The van der Waals surface area contributed by atoms with E-state index in [2.05, 4.69) is 22.0 Å². The van der Waals surface area contributed by atoms with E-state index in [-0.39, 0.29) is 23.2 Å². The number of aliphatic hydroxyl groups is 1. The van der Waals surface area contributed by atoms with Crippen molar-refractivity contribution in [2.24, 2.45) is 5.92 Å². The maximum atomic E-state index is 12.2. The maximum Gasteiger partial charge on any atom is 0.446 e. The second-order valence-electron chi connectivity index (χ2n) is 9.86. The third-order valence-corrected chi connectivity index (χ3v) is 6.84. The van der Waals surface area contributed by atoms with E-state index in [9.17, 15) is 22.9 Å². The standard InChI is InChI=1S/C26H40BrNO7S/c1-18(9-8-10-19(2)22(29)13-15-26(3,4)30)11-12-20-17-23(35-36(31,32)33)25(34-7)24(27)21(20)14-16-28(5)6/h11,13,15,17,19,30H,8-10,12,14,16H2,1-7H3,(H,31,32,33)/b15-13+,18-11+/t19-/m1/s1. The number of carbonyl (C=O) groups excluding carboxylic acids is 1.